The van der Waals surface area contributed by atoms with Crippen LogP contribution in [0.3, 0.4) is 0 Å². The van der Waals surface area contributed by atoms with Crippen LogP contribution in [0.1, 0.15) is 43.7 Å². The van der Waals surface area contributed by atoms with Gasteiger partial charge in [-0.2, -0.15) is 0 Å². The molecule has 12 heteroatoms. The predicted molar refractivity (Wildman–Crippen MR) is 152 cm³/mol. The third kappa shape index (κ3) is 10.3. The summed E-state index contributed by atoms with van der Waals surface area (Å²) in [4.78, 5) is 38.4. The average molecular weight is 604 g/mol. The Labute approximate surface area is 251 Å². The highest BCUT2D eigenvalue weighted by Gasteiger charge is 2.55. The highest BCUT2D eigenvalue weighted by atomic mass is 16.7. The van der Waals surface area contributed by atoms with Gasteiger partial charge in [-0.1, -0.05) is 60.7 Å². The van der Waals surface area contributed by atoms with Crippen LogP contribution >= 0.6 is 0 Å². The zero-order chi connectivity index (χ0) is 31.2. The zero-order valence-corrected chi connectivity index (χ0v) is 24.5. The summed E-state index contributed by atoms with van der Waals surface area (Å²) in [5.74, 6) is -3.69. The second-order valence-electron chi connectivity index (χ2n) is 10.3. The van der Waals surface area contributed by atoms with Crippen molar-refractivity contribution in [3.05, 3.63) is 71.8 Å². The Balaban J connectivity index is 1.55. The van der Waals surface area contributed by atoms with Crippen molar-refractivity contribution in [1.29, 1.82) is 0 Å². The fraction of sp³-hybridized carbons (Fsp3) is 0.516. The number of amides is 1. The number of nitrogens with zero attached hydrogens (tertiary/aromatic N) is 1. The molecule has 3 rings (SSSR count). The van der Waals surface area contributed by atoms with Crippen molar-refractivity contribution in [3.8, 4) is 0 Å². The van der Waals surface area contributed by atoms with Gasteiger partial charge in [0.2, 0.25) is 0 Å². The van der Waals surface area contributed by atoms with Crippen molar-refractivity contribution in [2.45, 2.75) is 76.0 Å². The number of aliphatic hydroxyl groups is 3. The molecule has 3 N–H and O–H groups in total. The summed E-state index contributed by atoms with van der Waals surface area (Å²) in [5.41, 5.74) is 1.85. The molecule has 1 unspecified atom stereocenters. The van der Waals surface area contributed by atoms with E-state index in [4.69, 9.17) is 23.7 Å². The quantitative estimate of drug-likeness (QED) is 0.156. The van der Waals surface area contributed by atoms with Crippen LogP contribution in [0.4, 0.5) is 4.79 Å². The van der Waals surface area contributed by atoms with Gasteiger partial charge in [-0.15, -0.1) is 0 Å². The van der Waals surface area contributed by atoms with Crippen LogP contribution in [0.25, 0.3) is 0 Å². The number of aliphatic hydroxyl groups excluding tert-OH is 3. The van der Waals surface area contributed by atoms with Gasteiger partial charge in [0, 0.05) is 26.4 Å². The Kier molecular flexibility index (Phi) is 13.4. The summed E-state index contributed by atoms with van der Waals surface area (Å²) in [7, 11) is 1.12. The molecule has 12 nitrogen and oxygen atoms in total. The first-order chi connectivity index (χ1) is 20.6. The zero-order valence-electron chi connectivity index (χ0n) is 24.5. The van der Waals surface area contributed by atoms with Crippen molar-refractivity contribution in [1.82, 2.24) is 4.90 Å². The van der Waals surface area contributed by atoms with E-state index in [0.717, 1.165) is 25.2 Å². The lowest BCUT2D eigenvalue weighted by Gasteiger charge is -2.44. The van der Waals surface area contributed by atoms with E-state index in [2.05, 4.69) is 0 Å². The van der Waals surface area contributed by atoms with E-state index in [1.165, 1.54) is 0 Å². The Morgan fingerprint density at radius 1 is 0.977 bits per heavy atom. The first-order valence-electron chi connectivity index (χ1n) is 14.2. The topological polar surface area (TPSA) is 161 Å². The molecule has 0 spiro atoms. The number of unbranched alkanes of at least 4 members (excludes halogenated alkanes) is 2. The lowest BCUT2D eigenvalue weighted by molar-refractivity contribution is -0.324. The fourth-order valence-corrected chi connectivity index (χ4v) is 4.66. The highest BCUT2D eigenvalue weighted by molar-refractivity contribution is 5.78. The van der Waals surface area contributed by atoms with E-state index < -0.39 is 61.3 Å². The third-order valence-electron chi connectivity index (χ3n) is 6.96. The number of esters is 2. The van der Waals surface area contributed by atoms with Crippen molar-refractivity contribution >= 4 is 18.0 Å². The molecular weight excluding hydrogens is 562 g/mol. The van der Waals surface area contributed by atoms with Crippen LogP contribution < -0.4 is 0 Å². The molecule has 1 amide bonds. The van der Waals surface area contributed by atoms with Crippen LogP contribution in [0.2, 0.25) is 0 Å². The highest BCUT2D eigenvalue weighted by Crippen LogP contribution is 2.34. The Morgan fingerprint density at radius 2 is 1.63 bits per heavy atom. The van der Waals surface area contributed by atoms with E-state index in [1.54, 1.807) is 4.90 Å². The molecule has 0 bridgehead atoms. The van der Waals surface area contributed by atoms with Crippen molar-refractivity contribution in [3.63, 3.8) is 0 Å². The van der Waals surface area contributed by atoms with Crippen LogP contribution in [-0.2, 0) is 46.4 Å². The number of carbonyl (C=O) groups is 3. The average Bonchev–Trinajstić information content (AvgIpc) is 3.01. The molecule has 0 aromatic heterocycles. The van der Waals surface area contributed by atoms with E-state index in [1.807, 2.05) is 60.7 Å². The van der Waals surface area contributed by atoms with Gasteiger partial charge in [0.15, 0.2) is 0 Å². The SMILES string of the molecule is COC(=O)[C@@]1(OCCCCCN(Cc2ccccc2)C(=O)OCc2ccccc2)C[C@@H](O)[C@@H](O)C([C@H](O)COC(C)=O)O1. The molecule has 0 aliphatic carbocycles. The minimum atomic E-state index is -2.09. The first kappa shape index (κ1) is 33.9. The van der Waals surface area contributed by atoms with Gasteiger partial charge in [0.25, 0.3) is 5.79 Å². The van der Waals surface area contributed by atoms with Crippen molar-refractivity contribution < 1.29 is 53.4 Å². The molecule has 5 atom stereocenters. The lowest BCUT2D eigenvalue weighted by atomic mass is 9.92. The number of rotatable bonds is 15. The minimum absolute atomic E-state index is 0.0157. The predicted octanol–water partition coefficient (Wildman–Crippen LogP) is 2.32. The molecule has 1 heterocycles. The molecule has 1 saturated heterocycles. The normalized spacial score (nSPS) is 22.3. The summed E-state index contributed by atoms with van der Waals surface area (Å²) in [6.07, 6.45) is -5.28. The molecule has 43 heavy (non-hydrogen) atoms. The first-order valence-corrected chi connectivity index (χ1v) is 14.2. The largest absolute Gasteiger partial charge is 0.465 e. The number of ether oxygens (including phenoxy) is 5. The van der Waals surface area contributed by atoms with Gasteiger partial charge in [0.05, 0.1) is 19.8 Å². The van der Waals surface area contributed by atoms with Crippen molar-refractivity contribution in [2.75, 3.05) is 26.9 Å². The van der Waals surface area contributed by atoms with Gasteiger partial charge in [-0.3, -0.25) is 4.79 Å². The molecule has 0 saturated carbocycles. The van der Waals surface area contributed by atoms with E-state index in [0.29, 0.717) is 32.4 Å². The summed E-state index contributed by atoms with van der Waals surface area (Å²) < 4.78 is 26.7. The van der Waals surface area contributed by atoms with Gasteiger partial charge in [-0.25, -0.2) is 9.59 Å². The van der Waals surface area contributed by atoms with E-state index in [-0.39, 0.29) is 13.2 Å². The van der Waals surface area contributed by atoms with E-state index in [9.17, 15) is 29.7 Å². The number of carbonyl (C=O) groups excluding carboxylic acids is 3. The summed E-state index contributed by atoms with van der Waals surface area (Å²) >= 11 is 0. The number of methoxy groups -OCH3 is 1. The summed E-state index contributed by atoms with van der Waals surface area (Å²) in [6.45, 7) is 1.59. The summed E-state index contributed by atoms with van der Waals surface area (Å²) in [6, 6.07) is 19.0. The van der Waals surface area contributed by atoms with Gasteiger partial charge < -0.3 is 43.9 Å². The van der Waals surface area contributed by atoms with Crippen LogP contribution in [-0.4, -0.2) is 95.3 Å². The van der Waals surface area contributed by atoms with Gasteiger partial charge >= 0.3 is 18.0 Å². The lowest BCUT2D eigenvalue weighted by Crippen LogP contribution is -2.63. The molecule has 0 radical (unpaired) electrons. The Bertz CT molecular complexity index is 1150. The fourth-order valence-electron chi connectivity index (χ4n) is 4.66. The smallest absolute Gasteiger partial charge is 0.410 e. The van der Waals surface area contributed by atoms with Crippen molar-refractivity contribution in [2.24, 2.45) is 0 Å². The third-order valence-corrected chi connectivity index (χ3v) is 6.96. The van der Waals surface area contributed by atoms with Crippen LogP contribution in [0.5, 0.6) is 0 Å². The standard InChI is InChI=1S/C31H41NO11/c1-22(33)40-21-26(35)28-27(36)25(34)18-31(43-28,29(37)39-2)42-17-11-5-10-16-32(19-23-12-6-3-7-13-23)30(38)41-20-24-14-8-4-9-15-24/h3-4,6-9,12-15,25-28,34-36H,5,10-11,16-21H2,1-2H3/t25-,26-,27-,28?,31-/m1/s1. The van der Waals surface area contributed by atoms with E-state index >= 15 is 0 Å². The summed E-state index contributed by atoms with van der Waals surface area (Å²) in [5, 5.41) is 31.3. The number of benzene rings is 2. The Morgan fingerprint density at radius 3 is 2.26 bits per heavy atom. The second-order valence-corrected chi connectivity index (χ2v) is 10.3. The van der Waals surface area contributed by atoms with Gasteiger partial charge in [0.1, 0.15) is 31.5 Å². The molecule has 236 valence electrons. The minimum Gasteiger partial charge on any atom is -0.465 e. The van der Waals surface area contributed by atoms with Crippen LogP contribution in [0, 0.1) is 0 Å². The number of hydrogen-bond acceptors (Lipinski definition) is 11. The molecular formula is C31H41NO11. The maximum absolute atomic E-state index is 12.9. The molecule has 2 aromatic rings. The van der Waals surface area contributed by atoms with Gasteiger partial charge in [-0.05, 0) is 30.4 Å². The number of hydrogen-bond donors (Lipinski definition) is 3. The molecule has 1 aliphatic rings. The molecule has 2 aromatic carbocycles. The molecule has 1 aliphatic heterocycles. The van der Waals surface area contributed by atoms with Crippen LogP contribution in [0.15, 0.2) is 60.7 Å². The maximum Gasteiger partial charge on any atom is 0.410 e. The second kappa shape index (κ2) is 16.9. The monoisotopic (exact) mass is 603 g/mol. The maximum atomic E-state index is 12.9. The Hall–Kier alpha value is -3.55. The molecule has 1 fully saturated rings.